The van der Waals surface area contributed by atoms with Gasteiger partial charge in [-0.15, -0.1) is 0 Å². The van der Waals surface area contributed by atoms with Gasteiger partial charge in [0.1, 0.15) is 11.6 Å². The molecule has 0 aliphatic carbocycles. The first kappa shape index (κ1) is 17.9. The molecule has 0 atom stereocenters. The van der Waals surface area contributed by atoms with E-state index in [2.05, 4.69) is 33.6 Å². The van der Waals surface area contributed by atoms with Gasteiger partial charge in [-0.25, -0.2) is 14.6 Å². The van der Waals surface area contributed by atoms with Crippen LogP contribution in [0.1, 0.15) is 25.8 Å². The highest BCUT2D eigenvalue weighted by Gasteiger charge is 2.20. The highest BCUT2D eigenvalue weighted by atomic mass is 16.5. The van der Waals surface area contributed by atoms with Gasteiger partial charge < -0.3 is 15.8 Å². The van der Waals surface area contributed by atoms with Crippen molar-refractivity contribution < 1.29 is 4.74 Å². The first-order valence-corrected chi connectivity index (χ1v) is 10.1. The van der Waals surface area contributed by atoms with E-state index in [9.17, 15) is 0 Å². The van der Waals surface area contributed by atoms with Crippen molar-refractivity contribution in [2.75, 3.05) is 25.4 Å². The largest absolute Gasteiger partial charge is 0.494 e. The van der Waals surface area contributed by atoms with Crippen LogP contribution in [0.3, 0.4) is 0 Å². The van der Waals surface area contributed by atoms with Crippen molar-refractivity contribution in [2.45, 2.75) is 25.8 Å². The summed E-state index contributed by atoms with van der Waals surface area (Å²) in [4.78, 5) is 9.42. The van der Waals surface area contributed by atoms with Gasteiger partial charge in [0.15, 0.2) is 11.5 Å². The quantitative estimate of drug-likeness (QED) is 0.556. The Bertz CT molecular complexity index is 1180. The second kappa shape index (κ2) is 7.33. The maximum Gasteiger partial charge on any atom is 0.164 e. The number of nitrogens with zero attached hydrogens (tertiary/aromatic N) is 4. The van der Waals surface area contributed by atoms with Crippen LogP contribution >= 0.6 is 0 Å². The molecule has 0 unspecified atom stereocenters. The summed E-state index contributed by atoms with van der Waals surface area (Å²) in [6, 6.07) is 12.6. The van der Waals surface area contributed by atoms with Crippen molar-refractivity contribution in [2.24, 2.45) is 0 Å². The molecule has 1 fully saturated rings. The molecule has 2 aromatic carbocycles. The molecule has 1 saturated heterocycles. The highest BCUT2D eigenvalue weighted by molar-refractivity contribution is 5.90. The summed E-state index contributed by atoms with van der Waals surface area (Å²) in [7, 11) is 0. The Morgan fingerprint density at radius 2 is 1.90 bits per heavy atom. The van der Waals surface area contributed by atoms with E-state index in [0.29, 0.717) is 24.3 Å². The van der Waals surface area contributed by atoms with Crippen LogP contribution in [0.15, 0.2) is 42.6 Å². The summed E-state index contributed by atoms with van der Waals surface area (Å²) >= 11 is 0. The van der Waals surface area contributed by atoms with Gasteiger partial charge >= 0.3 is 0 Å². The molecule has 3 N–H and O–H groups in total. The minimum Gasteiger partial charge on any atom is -0.494 e. The minimum atomic E-state index is 0.337. The van der Waals surface area contributed by atoms with Crippen LogP contribution in [0.2, 0.25) is 0 Å². The van der Waals surface area contributed by atoms with Crippen LogP contribution in [0.4, 0.5) is 5.82 Å². The van der Waals surface area contributed by atoms with E-state index in [-0.39, 0.29) is 0 Å². The fraction of sp³-hybridized carbons (Fsp3) is 0.318. The molecule has 7 heteroatoms. The van der Waals surface area contributed by atoms with E-state index in [4.69, 9.17) is 15.5 Å². The zero-order valence-electron chi connectivity index (χ0n) is 16.4. The molecular formula is C22H24N6O. The molecule has 3 heterocycles. The SMILES string of the molecule is CCOc1ccc2cc(-c3nc(N)c4cnn(C5CCNCC5)c4n3)ccc2c1. The Morgan fingerprint density at radius 3 is 2.72 bits per heavy atom. The van der Waals surface area contributed by atoms with Crippen LogP contribution in [0, 0.1) is 0 Å². The van der Waals surface area contributed by atoms with E-state index in [1.54, 1.807) is 6.20 Å². The van der Waals surface area contributed by atoms with Crippen LogP contribution in [-0.4, -0.2) is 39.4 Å². The molecule has 7 nitrogen and oxygen atoms in total. The molecule has 0 radical (unpaired) electrons. The number of benzene rings is 2. The molecule has 0 bridgehead atoms. The van der Waals surface area contributed by atoms with Crippen molar-refractivity contribution in [3.8, 4) is 17.1 Å². The normalized spacial score (nSPS) is 15.2. The van der Waals surface area contributed by atoms with Gasteiger partial charge in [-0.3, -0.25) is 0 Å². The summed E-state index contributed by atoms with van der Waals surface area (Å²) in [5.41, 5.74) is 8.02. The van der Waals surface area contributed by atoms with E-state index in [1.807, 2.05) is 29.8 Å². The van der Waals surface area contributed by atoms with E-state index in [1.165, 1.54) is 0 Å². The number of nitrogens with one attached hydrogen (secondary N) is 1. The first-order chi connectivity index (χ1) is 14.2. The lowest BCUT2D eigenvalue weighted by atomic mass is 10.1. The standard InChI is InChI=1S/C22H24N6O/c1-2-29-18-6-5-14-11-16(4-3-15(14)12-18)21-26-20(23)19-13-25-28(22(19)27-21)17-7-9-24-10-8-17/h3-6,11-13,17,24H,2,7-10H2,1H3,(H2,23,26,27). The summed E-state index contributed by atoms with van der Waals surface area (Å²) in [6.07, 6.45) is 3.86. The van der Waals surface area contributed by atoms with Gasteiger partial charge in [-0.05, 0) is 61.8 Å². The molecule has 148 valence electrons. The monoisotopic (exact) mass is 388 g/mol. The summed E-state index contributed by atoms with van der Waals surface area (Å²) in [5.74, 6) is 1.97. The maximum atomic E-state index is 6.27. The zero-order chi connectivity index (χ0) is 19.8. The van der Waals surface area contributed by atoms with Gasteiger partial charge in [-0.1, -0.05) is 18.2 Å². The maximum absolute atomic E-state index is 6.27. The third-order valence-corrected chi connectivity index (χ3v) is 5.52. The lowest BCUT2D eigenvalue weighted by Gasteiger charge is -2.23. The Labute approximate surface area is 168 Å². The molecule has 1 aliphatic rings. The lowest BCUT2D eigenvalue weighted by molar-refractivity contribution is 0.341. The van der Waals surface area contributed by atoms with Crippen molar-refractivity contribution in [1.82, 2.24) is 25.1 Å². The third-order valence-electron chi connectivity index (χ3n) is 5.52. The molecule has 1 aliphatic heterocycles. The zero-order valence-corrected chi connectivity index (χ0v) is 16.4. The van der Waals surface area contributed by atoms with E-state index >= 15 is 0 Å². The predicted octanol–water partition coefficient (Wildman–Crippen LogP) is 3.55. The van der Waals surface area contributed by atoms with Gasteiger partial charge in [0, 0.05) is 5.56 Å². The van der Waals surface area contributed by atoms with Crippen LogP contribution in [0.5, 0.6) is 5.75 Å². The first-order valence-electron chi connectivity index (χ1n) is 10.1. The molecule has 2 aromatic heterocycles. The summed E-state index contributed by atoms with van der Waals surface area (Å²) < 4.78 is 7.62. The second-order valence-corrected chi connectivity index (χ2v) is 7.40. The van der Waals surface area contributed by atoms with Crippen molar-refractivity contribution in [3.05, 3.63) is 42.6 Å². The number of rotatable bonds is 4. The minimum absolute atomic E-state index is 0.337. The Balaban J connectivity index is 1.58. The summed E-state index contributed by atoms with van der Waals surface area (Å²) in [6.45, 7) is 4.63. The van der Waals surface area contributed by atoms with Gasteiger partial charge in [0.2, 0.25) is 0 Å². The number of nitrogen functional groups attached to an aromatic ring is 1. The van der Waals surface area contributed by atoms with Gasteiger partial charge in [0.05, 0.1) is 24.2 Å². The van der Waals surface area contributed by atoms with Gasteiger partial charge in [0.25, 0.3) is 0 Å². The van der Waals surface area contributed by atoms with E-state index < -0.39 is 0 Å². The fourth-order valence-corrected chi connectivity index (χ4v) is 4.01. The number of hydrogen-bond acceptors (Lipinski definition) is 6. The number of aromatic nitrogens is 4. The lowest BCUT2D eigenvalue weighted by Crippen LogP contribution is -2.30. The highest BCUT2D eigenvalue weighted by Crippen LogP contribution is 2.30. The number of ether oxygens (including phenoxy) is 1. The average Bonchev–Trinajstić information content (AvgIpc) is 3.19. The topological polar surface area (TPSA) is 90.9 Å². The van der Waals surface area contributed by atoms with E-state index in [0.717, 1.165) is 59.0 Å². The van der Waals surface area contributed by atoms with Crippen LogP contribution < -0.4 is 15.8 Å². The van der Waals surface area contributed by atoms with Crippen LogP contribution in [0.25, 0.3) is 33.2 Å². The van der Waals surface area contributed by atoms with Crippen molar-refractivity contribution in [1.29, 1.82) is 0 Å². The second-order valence-electron chi connectivity index (χ2n) is 7.40. The Kier molecular flexibility index (Phi) is 4.52. The number of hydrogen-bond donors (Lipinski definition) is 2. The third kappa shape index (κ3) is 3.27. The number of nitrogens with two attached hydrogens (primary N) is 1. The fourth-order valence-electron chi connectivity index (χ4n) is 4.01. The van der Waals surface area contributed by atoms with Gasteiger partial charge in [-0.2, -0.15) is 5.10 Å². The summed E-state index contributed by atoms with van der Waals surface area (Å²) in [5, 5.41) is 11.0. The molecule has 4 aromatic rings. The molecular weight excluding hydrogens is 364 g/mol. The number of anilines is 1. The predicted molar refractivity (Wildman–Crippen MR) is 115 cm³/mol. The average molecular weight is 388 g/mol. The Morgan fingerprint density at radius 1 is 1.10 bits per heavy atom. The van der Waals surface area contributed by atoms with Crippen molar-refractivity contribution >= 4 is 27.6 Å². The number of piperidine rings is 1. The van der Waals surface area contributed by atoms with Crippen molar-refractivity contribution in [3.63, 3.8) is 0 Å². The Hall–Kier alpha value is -3.19. The molecule has 0 spiro atoms. The molecule has 29 heavy (non-hydrogen) atoms. The smallest absolute Gasteiger partial charge is 0.164 e. The molecule has 0 saturated carbocycles. The number of fused-ring (bicyclic) bond motifs is 2. The van der Waals surface area contributed by atoms with Crippen LogP contribution in [-0.2, 0) is 0 Å². The molecule has 0 amide bonds. The molecule has 5 rings (SSSR count).